The Morgan fingerprint density at radius 3 is 2.26 bits per heavy atom. The van der Waals surface area contributed by atoms with Crippen LogP contribution in [0.2, 0.25) is 0 Å². The summed E-state index contributed by atoms with van der Waals surface area (Å²) in [6.07, 6.45) is 1.45. The van der Waals surface area contributed by atoms with Crippen molar-refractivity contribution in [2.24, 2.45) is 5.10 Å². The first-order valence-corrected chi connectivity index (χ1v) is 11.2. The SMILES string of the molecule is CCOc1ccc(NC(=O)C(=O)N/N=C/c2ccc(OCc3cccc4ccccc34)cc2)cc1. The molecule has 7 nitrogen and oxygen atoms in total. The van der Waals surface area contributed by atoms with E-state index in [9.17, 15) is 9.59 Å². The van der Waals surface area contributed by atoms with Gasteiger partial charge < -0.3 is 14.8 Å². The molecule has 176 valence electrons. The zero-order chi connectivity index (χ0) is 24.5. The highest BCUT2D eigenvalue weighted by atomic mass is 16.5. The molecule has 0 fully saturated rings. The topological polar surface area (TPSA) is 89.0 Å². The Hall–Kier alpha value is -4.65. The monoisotopic (exact) mass is 467 g/mol. The fourth-order valence-corrected chi connectivity index (χ4v) is 3.43. The van der Waals surface area contributed by atoms with Crippen LogP contribution in [0, 0.1) is 0 Å². The molecule has 0 bridgehead atoms. The third-order valence-electron chi connectivity index (χ3n) is 5.16. The fourth-order valence-electron chi connectivity index (χ4n) is 3.43. The number of anilines is 1. The average Bonchev–Trinajstić information content (AvgIpc) is 2.89. The number of fused-ring (bicyclic) bond motifs is 1. The van der Waals surface area contributed by atoms with Crippen LogP contribution in [-0.2, 0) is 16.2 Å². The number of nitrogens with zero attached hydrogens (tertiary/aromatic N) is 1. The summed E-state index contributed by atoms with van der Waals surface area (Å²) in [5, 5.41) is 8.71. The van der Waals surface area contributed by atoms with Gasteiger partial charge in [0.2, 0.25) is 0 Å². The lowest BCUT2D eigenvalue weighted by Gasteiger charge is -2.09. The van der Waals surface area contributed by atoms with Crippen molar-refractivity contribution in [1.82, 2.24) is 5.43 Å². The smallest absolute Gasteiger partial charge is 0.329 e. The molecule has 0 heterocycles. The van der Waals surface area contributed by atoms with Crippen LogP contribution in [-0.4, -0.2) is 24.6 Å². The van der Waals surface area contributed by atoms with Crippen molar-refractivity contribution in [2.45, 2.75) is 13.5 Å². The van der Waals surface area contributed by atoms with E-state index in [4.69, 9.17) is 9.47 Å². The lowest BCUT2D eigenvalue weighted by atomic mass is 10.1. The number of ether oxygens (including phenoxy) is 2. The van der Waals surface area contributed by atoms with Gasteiger partial charge in [0, 0.05) is 5.69 Å². The summed E-state index contributed by atoms with van der Waals surface area (Å²) < 4.78 is 11.3. The Bertz CT molecular complexity index is 1330. The van der Waals surface area contributed by atoms with Gasteiger partial charge in [0.25, 0.3) is 0 Å². The molecule has 4 aromatic rings. The van der Waals surface area contributed by atoms with Crippen molar-refractivity contribution in [2.75, 3.05) is 11.9 Å². The van der Waals surface area contributed by atoms with Crippen molar-refractivity contribution in [3.8, 4) is 11.5 Å². The van der Waals surface area contributed by atoms with Gasteiger partial charge in [-0.3, -0.25) is 9.59 Å². The molecular formula is C28H25N3O4. The highest BCUT2D eigenvalue weighted by Crippen LogP contribution is 2.21. The van der Waals surface area contributed by atoms with Gasteiger partial charge in [-0.25, -0.2) is 5.43 Å². The first kappa shape index (κ1) is 23.5. The predicted octanol–water partition coefficient (Wildman–Crippen LogP) is 4.91. The van der Waals surface area contributed by atoms with E-state index in [0.29, 0.717) is 30.4 Å². The number of hydrazone groups is 1. The standard InChI is InChI=1S/C28H25N3O4/c1-2-34-24-16-12-23(13-17-24)30-27(32)28(33)31-29-18-20-10-14-25(15-11-20)35-19-22-8-5-7-21-6-3-4-9-26(21)22/h3-18H,2,19H2,1H3,(H,30,32)(H,31,33)/b29-18+. The second kappa shape index (κ2) is 11.5. The van der Waals surface area contributed by atoms with Gasteiger partial charge in [-0.05, 0) is 77.4 Å². The normalized spacial score (nSPS) is 10.8. The maximum Gasteiger partial charge on any atom is 0.329 e. The third-order valence-corrected chi connectivity index (χ3v) is 5.16. The molecule has 0 aromatic heterocycles. The molecule has 0 saturated heterocycles. The molecule has 0 spiro atoms. The van der Waals surface area contributed by atoms with E-state index >= 15 is 0 Å². The van der Waals surface area contributed by atoms with Crippen molar-refractivity contribution < 1.29 is 19.1 Å². The van der Waals surface area contributed by atoms with Crippen molar-refractivity contribution >= 4 is 34.5 Å². The second-order valence-corrected chi connectivity index (χ2v) is 7.61. The molecule has 0 aliphatic rings. The lowest BCUT2D eigenvalue weighted by Crippen LogP contribution is -2.32. The summed E-state index contributed by atoms with van der Waals surface area (Å²) >= 11 is 0. The quantitative estimate of drug-likeness (QED) is 0.219. The van der Waals surface area contributed by atoms with Crippen LogP contribution in [0.4, 0.5) is 5.69 Å². The van der Waals surface area contributed by atoms with Crippen molar-refractivity contribution in [1.29, 1.82) is 0 Å². The lowest BCUT2D eigenvalue weighted by molar-refractivity contribution is -0.136. The number of carbonyl (C=O) groups excluding carboxylic acids is 2. The average molecular weight is 468 g/mol. The molecule has 4 aromatic carbocycles. The first-order valence-electron chi connectivity index (χ1n) is 11.2. The number of hydrogen-bond acceptors (Lipinski definition) is 5. The molecule has 0 aliphatic carbocycles. The molecule has 0 aliphatic heterocycles. The third kappa shape index (κ3) is 6.45. The predicted molar refractivity (Wildman–Crippen MR) is 137 cm³/mol. The van der Waals surface area contributed by atoms with Crippen LogP contribution in [0.3, 0.4) is 0 Å². The van der Waals surface area contributed by atoms with Crippen LogP contribution in [0.5, 0.6) is 11.5 Å². The van der Waals surface area contributed by atoms with Gasteiger partial charge in [0.05, 0.1) is 12.8 Å². The summed E-state index contributed by atoms with van der Waals surface area (Å²) in [5.74, 6) is -0.285. The minimum atomic E-state index is -0.870. The Kier molecular flexibility index (Phi) is 7.70. The molecule has 7 heteroatoms. The Labute approximate surface area is 203 Å². The van der Waals surface area contributed by atoms with Crippen molar-refractivity contribution in [3.05, 3.63) is 102 Å². The van der Waals surface area contributed by atoms with Gasteiger partial charge in [-0.1, -0.05) is 42.5 Å². The minimum absolute atomic E-state index is 0.453. The van der Waals surface area contributed by atoms with Crippen LogP contribution < -0.4 is 20.2 Å². The molecule has 2 N–H and O–H groups in total. The van der Waals surface area contributed by atoms with Gasteiger partial charge in [-0.2, -0.15) is 5.10 Å². The van der Waals surface area contributed by atoms with E-state index in [1.807, 2.05) is 49.4 Å². The molecule has 0 atom stereocenters. The molecule has 0 radical (unpaired) electrons. The van der Waals surface area contributed by atoms with E-state index in [0.717, 1.165) is 11.1 Å². The minimum Gasteiger partial charge on any atom is -0.494 e. The summed E-state index contributed by atoms with van der Waals surface area (Å²) in [5.41, 5.74) is 4.56. The van der Waals surface area contributed by atoms with E-state index in [1.165, 1.54) is 17.0 Å². The highest BCUT2D eigenvalue weighted by molar-refractivity contribution is 6.39. The molecule has 2 amide bonds. The zero-order valence-electron chi connectivity index (χ0n) is 19.2. The van der Waals surface area contributed by atoms with E-state index in [-0.39, 0.29) is 0 Å². The van der Waals surface area contributed by atoms with Crippen molar-refractivity contribution in [3.63, 3.8) is 0 Å². The number of nitrogens with one attached hydrogen (secondary N) is 2. The number of hydrogen-bond donors (Lipinski definition) is 2. The van der Waals surface area contributed by atoms with Crippen LogP contribution in [0.1, 0.15) is 18.1 Å². The van der Waals surface area contributed by atoms with Gasteiger partial charge in [-0.15, -0.1) is 0 Å². The maximum atomic E-state index is 12.0. The number of rotatable bonds is 8. The molecular weight excluding hydrogens is 442 g/mol. The number of carbonyl (C=O) groups is 2. The first-order chi connectivity index (χ1) is 17.1. The van der Waals surface area contributed by atoms with Gasteiger partial charge >= 0.3 is 11.8 Å². The van der Waals surface area contributed by atoms with Crippen LogP contribution in [0.25, 0.3) is 10.8 Å². The molecule has 4 rings (SSSR count). The van der Waals surface area contributed by atoms with Crippen LogP contribution in [0.15, 0.2) is 96.1 Å². The highest BCUT2D eigenvalue weighted by Gasteiger charge is 2.12. The van der Waals surface area contributed by atoms with Gasteiger partial charge in [0.15, 0.2) is 0 Å². The largest absolute Gasteiger partial charge is 0.494 e. The summed E-state index contributed by atoms with van der Waals surface area (Å²) in [6.45, 7) is 2.89. The Morgan fingerprint density at radius 1 is 0.800 bits per heavy atom. The fraction of sp³-hybridized carbons (Fsp3) is 0.107. The van der Waals surface area contributed by atoms with Crippen LogP contribution >= 0.6 is 0 Å². The summed E-state index contributed by atoms with van der Waals surface area (Å²) in [4.78, 5) is 24.0. The number of amides is 2. The number of benzene rings is 4. The van der Waals surface area contributed by atoms with E-state index in [2.05, 4.69) is 40.1 Å². The Balaban J connectivity index is 1.26. The van der Waals surface area contributed by atoms with Gasteiger partial charge in [0.1, 0.15) is 18.1 Å². The second-order valence-electron chi connectivity index (χ2n) is 7.61. The molecule has 0 saturated carbocycles. The molecule has 0 unspecified atom stereocenters. The zero-order valence-corrected chi connectivity index (χ0v) is 19.2. The van der Waals surface area contributed by atoms with E-state index < -0.39 is 11.8 Å². The summed E-state index contributed by atoms with van der Waals surface area (Å²) in [6, 6.07) is 28.4. The molecule has 35 heavy (non-hydrogen) atoms. The maximum absolute atomic E-state index is 12.0. The van der Waals surface area contributed by atoms with E-state index in [1.54, 1.807) is 24.3 Å². The summed E-state index contributed by atoms with van der Waals surface area (Å²) in [7, 11) is 0. The Morgan fingerprint density at radius 2 is 1.49 bits per heavy atom.